The van der Waals surface area contributed by atoms with Crippen molar-refractivity contribution < 1.29 is 9.18 Å². The van der Waals surface area contributed by atoms with Crippen LogP contribution >= 0.6 is 0 Å². The lowest BCUT2D eigenvalue weighted by Crippen LogP contribution is -2.36. The lowest BCUT2D eigenvalue weighted by atomic mass is 9.95. The smallest absolute Gasteiger partial charge is 0.230 e. The van der Waals surface area contributed by atoms with Crippen molar-refractivity contribution in [2.24, 2.45) is 0 Å². The van der Waals surface area contributed by atoms with Crippen LogP contribution in [0, 0.1) is 5.82 Å². The minimum Gasteiger partial charge on any atom is -0.345 e. The van der Waals surface area contributed by atoms with Gasteiger partial charge in [0.05, 0.1) is 12.5 Å². The molecule has 1 heterocycles. The van der Waals surface area contributed by atoms with Crippen LogP contribution in [-0.4, -0.2) is 21.9 Å². The minimum atomic E-state index is -0.229. The molecule has 0 spiro atoms. The summed E-state index contributed by atoms with van der Waals surface area (Å²) >= 11 is 0. The Bertz CT molecular complexity index is 919. The molecule has 152 valence electrons. The molecule has 29 heavy (non-hydrogen) atoms. The maximum Gasteiger partial charge on any atom is 0.230 e. The van der Waals surface area contributed by atoms with Crippen LogP contribution in [0.5, 0.6) is 0 Å². The number of benzene rings is 2. The summed E-state index contributed by atoms with van der Waals surface area (Å²) in [4.78, 5) is 15.3. The van der Waals surface area contributed by atoms with Crippen molar-refractivity contribution in [2.45, 2.75) is 45.7 Å². The van der Waals surface area contributed by atoms with Crippen molar-refractivity contribution in [3.05, 3.63) is 95.6 Å². The summed E-state index contributed by atoms with van der Waals surface area (Å²) in [5.74, 6) is -0.193. The molecule has 4 heteroatoms. The van der Waals surface area contributed by atoms with Gasteiger partial charge in [0.15, 0.2) is 0 Å². The molecule has 0 radical (unpaired) electrons. The highest BCUT2D eigenvalue weighted by Gasteiger charge is 2.24. The predicted octanol–water partition coefficient (Wildman–Crippen LogP) is 5.61. The third-order valence-corrected chi connectivity index (χ3v) is 5.23. The largest absolute Gasteiger partial charge is 0.345 e. The summed E-state index contributed by atoms with van der Waals surface area (Å²) < 4.78 is 15.6. The van der Waals surface area contributed by atoms with Gasteiger partial charge in [-0.15, -0.1) is 0 Å². The molecule has 0 fully saturated rings. The molecule has 0 saturated carbocycles. The van der Waals surface area contributed by atoms with Gasteiger partial charge in [0.25, 0.3) is 0 Å². The Hall–Kier alpha value is -2.88. The quantitative estimate of drug-likeness (QED) is 0.465. The first-order valence-corrected chi connectivity index (χ1v) is 10.3. The van der Waals surface area contributed by atoms with E-state index in [0.29, 0.717) is 19.6 Å². The fraction of sp³-hybridized carbons (Fsp3) is 0.320. The molecule has 3 aromatic rings. The van der Waals surface area contributed by atoms with Crippen molar-refractivity contribution in [2.75, 3.05) is 6.54 Å². The lowest BCUT2D eigenvalue weighted by Gasteiger charge is -2.27. The SMILES string of the molecule is CCCN(Cc1cccn1Cc1cccc(F)c1)C(=O)[C@@H](CC)c1ccccc1. The highest BCUT2D eigenvalue weighted by molar-refractivity contribution is 5.83. The van der Waals surface area contributed by atoms with E-state index in [0.717, 1.165) is 29.7 Å². The van der Waals surface area contributed by atoms with Crippen molar-refractivity contribution in [3.8, 4) is 0 Å². The van der Waals surface area contributed by atoms with Crippen LogP contribution in [0.2, 0.25) is 0 Å². The molecule has 2 aromatic carbocycles. The topological polar surface area (TPSA) is 25.2 Å². The number of rotatable bonds is 9. The van der Waals surface area contributed by atoms with Gasteiger partial charge in [-0.05, 0) is 48.2 Å². The molecule has 0 aliphatic rings. The van der Waals surface area contributed by atoms with Gasteiger partial charge in [0.2, 0.25) is 5.91 Å². The second kappa shape index (κ2) is 10.1. The third kappa shape index (κ3) is 5.35. The van der Waals surface area contributed by atoms with Crippen molar-refractivity contribution >= 4 is 5.91 Å². The summed E-state index contributed by atoms with van der Waals surface area (Å²) in [6, 6.07) is 20.7. The van der Waals surface area contributed by atoms with Crippen LogP contribution < -0.4 is 0 Å². The number of amides is 1. The molecule has 3 rings (SSSR count). The van der Waals surface area contributed by atoms with Gasteiger partial charge < -0.3 is 9.47 Å². The molecule has 0 N–H and O–H groups in total. The molecule has 1 atom stereocenters. The number of hydrogen-bond donors (Lipinski definition) is 0. The zero-order chi connectivity index (χ0) is 20.6. The molecule has 0 unspecified atom stereocenters. The first-order valence-electron chi connectivity index (χ1n) is 10.3. The molecule has 0 aliphatic heterocycles. The standard InChI is InChI=1S/C25H29FN2O/c1-3-15-28(25(29)24(4-2)21-11-6-5-7-12-21)19-23-14-9-16-27(23)18-20-10-8-13-22(26)17-20/h5-14,16-17,24H,3-4,15,18-19H2,1-2H3/t24-/m0/s1. The molecule has 3 nitrogen and oxygen atoms in total. The Balaban J connectivity index is 1.79. The number of carbonyl (C=O) groups excluding carboxylic acids is 1. The average Bonchev–Trinajstić information content (AvgIpc) is 3.15. The number of hydrogen-bond acceptors (Lipinski definition) is 1. The second-order valence-corrected chi connectivity index (χ2v) is 7.39. The molecule has 1 amide bonds. The highest BCUT2D eigenvalue weighted by Crippen LogP contribution is 2.23. The number of aromatic nitrogens is 1. The Labute approximate surface area is 172 Å². The van der Waals surface area contributed by atoms with Crippen LogP contribution in [0.25, 0.3) is 0 Å². The summed E-state index contributed by atoms with van der Waals surface area (Å²) in [7, 11) is 0. The van der Waals surface area contributed by atoms with Gasteiger partial charge >= 0.3 is 0 Å². The van der Waals surface area contributed by atoms with E-state index in [2.05, 4.69) is 18.4 Å². The first kappa shape index (κ1) is 20.8. The highest BCUT2D eigenvalue weighted by atomic mass is 19.1. The van der Waals surface area contributed by atoms with Crippen molar-refractivity contribution in [1.29, 1.82) is 0 Å². The van der Waals surface area contributed by atoms with Gasteiger partial charge in [0, 0.05) is 25.0 Å². The fourth-order valence-corrected chi connectivity index (χ4v) is 3.77. The first-order chi connectivity index (χ1) is 14.1. The summed E-state index contributed by atoms with van der Waals surface area (Å²) in [5, 5.41) is 0. The van der Waals surface area contributed by atoms with Gasteiger partial charge in [-0.3, -0.25) is 4.79 Å². The predicted molar refractivity (Wildman–Crippen MR) is 115 cm³/mol. The van der Waals surface area contributed by atoms with Gasteiger partial charge in [-0.2, -0.15) is 0 Å². The Morgan fingerprint density at radius 1 is 1.03 bits per heavy atom. The van der Waals surface area contributed by atoms with E-state index in [1.54, 1.807) is 12.1 Å². The van der Waals surface area contributed by atoms with Gasteiger partial charge in [-0.25, -0.2) is 4.39 Å². The summed E-state index contributed by atoms with van der Waals surface area (Å²) in [6.07, 6.45) is 3.66. The van der Waals surface area contributed by atoms with Crippen LogP contribution in [0.4, 0.5) is 4.39 Å². The van der Waals surface area contributed by atoms with Crippen molar-refractivity contribution in [1.82, 2.24) is 9.47 Å². The van der Waals surface area contributed by atoms with E-state index in [9.17, 15) is 9.18 Å². The average molecular weight is 393 g/mol. The number of halogens is 1. The third-order valence-electron chi connectivity index (χ3n) is 5.23. The van der Waals surface area contributed by atoms with E-state index >= 15 is 0 Å². The molecular weight excluding hydrogens is 363 g/mol. The Morgan fingerprint density at radius 3 is 2.52 bits per heavy atom. The molecule has 1 aromatic heterocycles. The number of nitrogens with zero attached hydrogens (tertiary/aromatic N) is 2. The zero-order valence-corrected chi connectivity index (χ0v) is 17.2. The molecule has 0 bridgehead atoms. The number of carbonyl (C=O) groups is 1. The van der Waals surface area contributed by atoms with E-state index < -0.39 is 0 Å². The van der Waals surface area contributed by atoms with E-state index in [1.807, 2.05) is 59.6 Å². The normalized spacial score (nSPS) is 12.0. The molecule has 0 aliphatic carbocycles. The minimum absolute atomic E-state index is 0.130. The maximum atomic E-state index is 13.5. The van der Waals surface area contributed by atoms with Crippen LogP contribution in [0.1, 0.15) is 49.4 Å². The van der Waals surface area contributed by atoms with Crippen LogP contribution in [-0.2, 0) is 17.9 Å². The fourth-order valence-electron chi connectivity index (χ4n) is 3.77. The Kier molecular flexibility index (Phi) is 7.23. The van der Waals surface area contributed by atoms with Gasteiger partial charge in [0.1, 0.15) is 5.82 Å². The monoisotopic (exact) mass is 392 g/mol. The molecule has 0 saturated heterocycles. The lowest BCUT2D eigenvalue weighted by molar-refractivity contribution is -0.133. The van der Waals surface area contributed by atoms with E-state index in [4.69, 9.17) is 0 Å². The maximum absolute atomic E-state index is 13.5. The van der Waals surface area contributed by atoms with Crippen LogP contribution in [0.3, 0.4) is 0 Å². The van der Waals surface area contributed by atoms with E-state index in [-0.39, 0.29) is 17.6 Å². The van der Waals surface area contributed by atoms with Crippen LogP contribution in [0.15, 0.2) is 72.9 Å². The summed E-state index contributed by atoms with van der Waals surface area (Å²) in [5.41, 5.74) is 3.03. The Morgan fingerprint density at radius 2 is 1.83 bits per heavy atom. The van der Waals surface area contributed by atoms with Crippen molar-refractivity contribution in [3.63, 3.8) is 0 Å². The van der Waals surface area contributed by atoms with E-state index in [1.165, 1.54) is 6.07 Å². The summed E-state index contributed by atoms with van der Waals surface area (Å²) in [6.45, 7) is 6.01. The molecular formula is C25H29FN2O. The zero-order valence-electron chi connectivity index (χ0n) is 17.2. The second-order valence-electron chi connectivity index (χ2n) is 7.39. The van der Waals surface area contributed by atoms with Gasteiger partial charge in [-0.1, -0.05) is 56.3 Å².